The second-order valence-corrected chi connectivity index (χ2v) is 7.62. The van der Waals surface area contributed by atoms with Gasteiger partial charge in [-0.05, 0) is 42.7 Å². The van der Waals surface area contributed by atoms with E-state index in [0.29, 0.717) is 24.7 Å². The van der Waals surface area contributed by atoms with E-state index in [1.807, 2.05) is 52.3 Å². The van der Waals surface area contributed by atoms with E-state index in [2.05, 4.69) is 20.6 Å². The lowest BCUT2D eigenvalue weighted by molar-refractivity contribution is -0.135. The van der Waals surface area contributed by atoms with Gasteiger partial charge in [0.05, 0.1) is 6.54 Å². The highest BCUT2D eigenvalue weighted by molar-refractivity contribution is 6.30. The van der Waals surface area contributed by atoms with Crippen LogP contribution in [0.15, 0.2) is 53.7 Å². The smallest absolute Gasteiger partial charge is 0.242 e. The lowest BCUT2D eigenvalue weighted by atomic mass is 10.2. The zero-order valence-electron chi connectivity index (χ0n) is 17.4. The van der Waals surface area contributed by atoms with Gasteiger partial charge in [0.25, 0.3) is 0 Å². The third-order valence-electron chi connectivity index (χ3n) is 4.97. The number of nitrogens with one attached hydrogen (secondary N) is 2. The van der Waals surface area contributed by atoms with Crippen molar-refractivity contribution in [2.45, 2.75) is 19.4 Å². The minimum Gasteiger partial charge on any atom is -0.370 e. The van der Waals surface area contributed by atoms with Gasteiger partial charge in [-0.2, -0.15) is 0 Å². The van der Waals surface area contributed by atoms with Crippen LogP contribution < -0.4 is 10.6 Å². The van der Waals surface area contributed by atoms with E-state index in [0.717, 1.165) is 49.8 Å². The van der Waals surface area contributed by atoms with Crippen LogP contribution in [0, 0.1) is 0 Å². The van der Waals surface area contributed by atoms with Crippen molar-refractivity contribution < 1.29 is 4.79 Å². The highest BCUT2D eigenvalue weighted by atomic mass is 35.5. The van der Waals surface area contributed by atoms with E-state index < -0.39 is 0 Å². The molecule has 160 valence electrons. The molecule has 1 aliphatic rings. The van der Waals surface area contributed by atoms with Crippen molar-refractivity contribution in [2.75, 3.05) is 45.1 Å². The van der Waals surface area contributed by atoms with Gasteiger partial charge < -0.3 is 20.4 Å². The third-order valence-corrected chi connectivity index (χ3v) is 5.23. The van der Waals surface area contributed by atoms with Gasteiger partial charge >= 0.3 is 0 Å². The van der Waals surface area contributed by atoms with Crippen LogP contribution in [0.25, 0.3) is 0 Å². The Morgan fingerprint density at radius 1 is 1.13 bits per heavy atom. The number of carbonyl (C=O) groups excluding carboxylic acids is 1. The monoisotopic (exact) mass is 428 g/mol. The molecule has 1 aliphatic heterocycles. The maximum absolute atomic E-state index is 12.6. The molecule has 8 heteroatoms. The van der Waals surface area contributed by atoms with Crippen molar-refractivity contribution in [2.24, 2.45) is 4.99 Å². The summed E-state index contributed by atoms with van der Waals surface area (Å²) in [6.07, 6.45) is 3.81. The van der Waals surface area contributed by atoms with Gasteiger partial charge in [0.1, 0.15) is 5.82 Å². The molecule has 2 N–H and O–H groups in total. The number of anilines is 1. The Kier molecular flexibility index (Phi) is 8.32. The van der Waals surface area contributed by atoms with E-state index in [9.17, 15) is 4.79 Å². The summed E-state index contributed by atoms with van der Waals surface area (Å²) in [7, 11) is 1.76. The largest absolute Gasteiger partial charge is 0.370 e. The average Bonchev–Trinajstić information content (AvgIpc) is 2.77. The van der Waals surface area contributed by atoms with Crippen LogP contribution in [0.4, 0.5) is 5.82 Å². The summed E-state index contributed by atoms with van der Waals surface area (Å²) in [5.74, 6) is 1.79. The molecule has 0 bridgehead atoms. The molecule has 0 radical (unpaired) electrons. The second kappa shape index (κ2) is 11.4. The molecule has 0 unspecified atom stereocenters. The van der Waals surface area contributed by atoms with Crippen molar-refractivity contribution in [1.82, 2.24) is 20.1 Å². The van der Waals surface area contributed by atoms with Gasteiger partial charge in [-0.25, -0.2) is 4.98 Å². The number of amides is 1. The number of piperazine rings is 1. The van der Waals surface area contributed by atoms with E-state index in [1.54, 1.807) is 13.2 Å². The number of pyridine rings is 1. The summed E-state index contributed by atoms with van der Waals surface area (Å²) >= 11 is 5.94. The van der Waals surface area contributed by atoms with Crippen molar-refractivity contribution >= 4 is 29.3 Å². The van der Waals surface area contributed by atoms with E-state index in [4.69, 9.17) is 11.6 Å². The van der Waals surface area contributed by atoms with Crippen molar-refractivity contribution in [3.05, 3.63) is 59.2 Å². The predicted octanol–water partition coefficient (Wildman–Crippen LogP) is 2.85. The Hall–Kier alpha value is -2.80. The molecule has 0 atom stereocenters. The van der Waals surface area contributed by atoms with Gasteiger partial charge in [-0.3, -0.25) is 9.79 Å². The average molecular weight is 429 g/mol. The molecule has 1 saturated heterocycles. The van der Waals surface area contributed by atoms with Crippen LogP contribution in [-0.2, 0) is 11.3 Å². The van der Waals surface area contributed by atoms with Crippen LogP contribution in [0.1, 0.15) is 18.4 Å². The maximum atomic E-state index is 12.6. The van der Waals surface area contributed by atoms with Crippen LogP contribution in [0.2, 0.25) is 5.02 Å². The molecule has 2 heterocycles. The summed E-state index contributed by atoms with van der Waals surface area (Å²) in [5, 5.41) is 7.39. The number of rotatable bonds is 8. The molecule has 0 spiro atoms. The predicted molar refractivity (Wildman–Crippen MR) is 122 cm³/mol. The number of unbranched alkanes of at least 4 members (excludes halogenated alkanes) is 1. The Bertz CT molecular complexity index is 827. The van der Waals surface area contributed by atoms with Crippen LogP contribution in [0.3, 0.4) is 0 Å². The topological polar surface area (TPSA) is 72.9 Å². The molecular weight excluding hydrogens is 400 g/mol. The number of carbonyl (C=O) groups is 1. The lowest BCUT2D eigenvalue weighted by Gasteiger charge is -2.36. The van der Waals surface area contributed by atoms with Crippen LogP contribution in [-0.4, -0.2) is 66.4 Å². The maximum Gasteiger partial charge on any atom is 0.242 e. The Morgan fingerprint density at radius 3 is 2.63 bits per heavy atom. The standard InChI is InChI=1S/C22H29ClN6O/c1-24-22(27-13-5-4-12-26-20-6-2-3-11-25-20)29-15-14-28(21(30)17-29)16-18-7-9-19(23)10-8-18/h2-3,6-11H,4-5,12-17H2,1H3,(H,24,27)(H,25,26). The first-order valence-electron chi connectivity index (χ1n) is 10.3. The fraction of sp³-hybridized carbons (Fsp3) is 0.409. The highest BCUT2D eigenvalue weighted by Crippen LogP contribution is 2.13. The molecule has 1 amide bonds. The number of nitrogens with zero attached hydrogens (tertiary/aromatic N) is 4. The summed E-state index contributed by atoms with van der Waals surface area (Å²) in [6, 6.07) is 13.5. The number of hydrogen-bond donors (Lipinski definition) is 2. The summed E-state index contributed by atoms with van der Waals surface area (Å²) in [5.41, 5.74) is 1.09. The number of halogens is 1. The normalized spacial score (nSPS) is 14.7. The minimum absolute atomic E-state index is 0.110. The Balaban J connectivity index is 1.36. The number of benzene rings is 1. The number of guanidine groups is 1. The summed E-state index contributed by atoms with van der Waals surface area (Å²) in [4.78, 5) is 25.1. The molecule has 1 aromatic carbocycles. The van der Waals surface area contributed by atoms with E-state index >= 15 is 0 Å². The summed E-state index contributed by atoms with van der Waals surface area (Å²) < 4.78 is 0. The lowest BCUT2D eigenvalue weighted by Crippen LogP contribution is -2.55. The molecule has 7 nitrogen and oxygen atoms in total. The Labute approximate surface area is 183 Å². The number of aliphatic imine (C=N–C) groups is 1. The van der Waals surface area contributed by atoms with Gasteiger partial charge in [0.15, 0.2) is 5.96 Å². The molecule has 30 heavy (non-hydrogen) atoms. The third kappa shape index (κ3) is 6.62. The van der Waals surface area contributed by atoms with Crippen molar-refractivity contribution in [1.29, 1.82) is 0 Å². The molecule has 0 aliphatic carbocycles. The highest BCUT2D eigenvalue weighted by Gasteiger charge is 2.25. The first-order valence-corrected chi connectivity index (χ1v) is 10.7. The zero-order valence-corrected chi connectivity index (χ0v) is 18.1. The van der Waals surface area contributed by atoms with Crippen LogP contribution in [0.5, 0.6) is 0 Å². The SMILES string of the molecule is CN=C(NCCCCNc1ccccn1)N1CCN(Cc2ccc(Cl)cc2)C(=O)C1. The van der Waals surface area contributed by atoms with Gasteiger partial charge in [-0.15, -0.1) is 0 Å². The number of hydrogen-bond acceptors (Lipinski definition) is 4. The molecular formula is C22H29ClN6O. The second-order valence-electron chi connectivity index (χ2n) is 7.19. The van der Waals surface area contributed by atoms with Crippen molar-refractivity contribution in [3.63, 3.8) is 0 Å². The van der Waals surface area contributed by atoms with Crippen molar-refractivity contribution in [3.8, 4) is 0 Å². The van der Waals surface area contributed by atoms with Crippen LogP contribution >= 0.6 is 11.6 Å². The quantitative estimate of drug-likeness (QED) is 0.384. The van der Waals surface area contributed by atoms with Gasteiger partial charge in [-0.1, -0.05) is 29.8 Å². The number of aromatic nitrogens is 1. The molecule has 0 saturated carbocycles. The first-order chi connectivity index (χ1) is 14.7. The minimum atomic E-state index is 0.110. The fourth-order valence-corrected chi connectivity index (χ4v) is 3.46. The fourth-order valence-electron chi connectivity index (χ4n) is 3.33. The first kappa shape index (κ1) is 21.9. The van der Waals surface area contributed by atoms with E-state index in [-0.39, 0.29) is 5.91 Å². The zero-order chi connectivity index (χ0) is 21.2. The Morgan fingerprint density at radius 2 is 1.93 bits per heavy atom. The molecule has 1 fully saturated rings. The molecule has 2 aromatic rings. The molecule has 1 aromatic heterocycles. The molecule has 3 rings (SSSR count). The van der Waals surface area contributed by atoms with E-state index in [1.165, 1.54) is 0 Å². The van der Waals surface area contributed by atoms with Gasteiger partial charge in [0, 0.05) is 51.0 Å². The summed E-state index contributed by atoms with van der Waals surface area (Å²) in [6.45, 7) is 4.08. The van der Waals surface area contributed by atoms with Gasteiger partial charge in [0.2, 0.25) is 5.91 Å².